The van der Waals surface area contributed by atoms with E-state index in [-0.39, 0.29) is 11.3 Å². The molecule has 19 heavy (non-hydrogen) atoms. The standard InChI is InChI=1S/C16H24N2O/c1-4-17-14-9-6-5-8-13(14)15(19)18-11-7-10-16(2,3)12-18/h5-6,8-9,17H,4,7,10-12H2,1-3H3. The highest BCUT2D eigenvalue weighted by atomic mass is 16.2. The van der Waals surface area contributed by atoms with Crippen molar-refractivity contribution in [3.8, 4) is 0 Å². The van der Waals surface area contributed by atoms with Crippen molar-refractivity contribution >= 4 is 11.6 Å². The van der Waals surface area contributed by atoms with Crippen molar-refractivity contribution in [3.63, 3.8) is 0 Å². The maximum absolute atomic E-state index is 12.7. The molecule has 3 nitrogen and oxygen atoms in total. The minimum absolute atomic E-state index is 0.157. The van der Waals surface area contributed by atoms with Gasteiger partial charge in [0, 0.05) is 25.3 Å². The van der Waals surface area contributed by atoms with Crippen LogP contribution >= 0.6 is 0 Å². The smallest absolute Gasteiger partial charge is 0.255 e. The molecule has 1 heterocycles. The van der Waals surface area contributed by atoms with Crippen LogP contribution < -0.4 is 5.32 Å². The van der Waals surface area contributed by atoms with Crippen molar-refractivity contribution in [2.24, 2.45) is 5.41 Å². The van der Waals surface area contributed by atoms with E-state index in [9.17, 15) is 4.79 Å². The third kappa shape index (κ3) is 3.28. The number of carbonyl (C=O) groups is 1. The summed E-state index contributed by atoms with van der Waals surface area (Å²) in [7, 11) is 0. The molecular formula is C16H24N2O. The summed E-state index contributed by atoms with van der Waals surface area (Å²) in [5, 5.41) is 3.27. The lowest BCUT2D eigenvalue weighted by Gasteiger charge is -2.38. The Morgan fingerprint density at radius 3 is 2.79 bits per heavy atom. The number of amides is 1. The van der Waals surface area contributed by atoms with Gasteiger partial charge in [0.2, 0.25) is 0 Å². The Hall–Kier alpha value is -1.51. The maximum Gasteiger partial charge on any atom is 0.255 e. The van der Waals surface area contributed by atoms with E-state index in [0.717, 1.165) is 37.3 Å². The summed E-state index contributed by atoms with van der Waals surface area (Å²) < 4.78 is 0. The SMILES string of the molecule is CCNc1ccccc1C(=O)N1CCCC(C)(C)C1. The molecule has 0 saturated carbocycles. The number of nitrogens with one attached hydrogen (secondary N) is 1. The Morgan fingerprint density at radius 2 is 2.11 bits per heavy atom. The summed E-state index contributed by atoms with van der Waals surface area (Å²) in [6.07, 6.45) is 2.30. The normalized spacial score (nSPS) is 18.2. The van der Waals surface area contributed by atoms with Gasteiger partial charge in [0.15, 0.2) is 0 Å². The van der Waals surface area contributed by atoms with Crippen LogP contribution in [0.4, 0.5) is 5.69 Å². The highest BCUT2D eigenvalue weighted by molar-refractivity contribution is 5.99. The molecule has 0 unspecified atom stereocenters. The molecule has 104 valence electrons. The number of benzene rings is 1. The number of carbonyl (C=O) groups excluding carboxylic acids is 1. The number of rotatable bonds is 3. The molecule has 1 aromatic rings. The first-order valence-electron chi connectivity index (χ1n) is 7.16. The number of likely N-dealkylation sites (tertiary alicyclic amines) is 1. The van der Waals surface area contributed by atoms with Crippen LogP contribution in [0, 0.1) is 5.41 Å². The van der Waals surface area contributed by atoms with Crippen LogP contribution in [0.15, 0.2) is 24.3 Å². The first-order chi connectivity index (χ1) is 9.03. The minimum atomic E-state index is 0.157. The number of nitrogens with zero attached hydrogens (tertiary/aromatic N) is 1. The first kappa shape index (κ1) is 13.9. The Balaban J connectivity index is 2.19. The van der Waals surface area contributed by atoms with Crippen molar-refractivity contribution in [2.75, 3.05) is 25.0 Å². The quantitative estimate of drug-likeness (QED) is 0.903. The van der Waals surface area contributed by atoms with Gasteiger partial charge < -0.3 is 10.2 Å². The van der Waals surface area contributed by atoms with Crippen LogP contribution in [0.2, 0.25) is 0 Å². The molecule has 0 radical (unpaired) electrons. The van der Waals surface area contributed by atoms with Gasteiger partial charge in [0.25, 0.3) is 5.91 Å². The lowest BCUT2D eigenvalue weighted by atomic mass is 9.84. The summed E-state index contributed by atoms with van der Waals surface area (Å²) in [5.74, 6) is 0.157. The Morgan fingerprint density at radius 1 is 1.37 bits per heavy atom. The van der Waals surface area contributed by atoms with Gasteiger partial charge in [-0.3, -0.25) is 4.79 Å². The van der Waals surface area contributed by atoms with Crippen LogP contribution in [0.5, 0.6) is 0 Å². The maximum atomic E-state index is 12.7. The van der Waals surface area contributed by atoms with Crippen LogP contribution in [-0.2, 0) is 0 Å². The monoisotopic (exact) mass is 260 g/mol. The Bertz CT molecular complexity index is 454. The van der Waals surface area contributed by atoms with Crippen molar-refractivity contribution in [2.45, 2.75) is 33.6 Å². The molecule has 0 aliphatic carbocycles. The van der Waals surface area contributed by atoms with Crippen LogP contribution in [0.3, 0.4) is 0 Å². The first-order valence-corrected chi connectivity index (χ1v) is 7.16. The van der Waals surface area contributed by atoms with E-state index in [2.05, 4.69) is 19.2 Å². The minimum Gasteiger partial charge on any atom is -0.385 e. The summed E-state index contributed by atoms with van der Waals surface area (Å²) in [5.41, 5.74) is 1.97. The van der Waals surface area contributed by atoms with Gasteiger partial charge in [-0.2, -0.15) is 0 Å². The fraction of sp³-hybridized carbons (Fsp3) is 0.562. The molecule has 1 fully saturated rings. The van der Waals surface area contributed by atoms with Gasteiger partial charge in [-0.15, -0.1) is 0 Å². The molecule has 1 N–H and O–H groups in total. The number of hydrogen-bond donors (Lipinski definition) is 1. The summed E-state index contributed by atoms with van der Waals surface area (Å²) >= 11 is 0. The second-order valence-electron chi connectivity index (χ2n) is 6.07. The molecule has 1 aliphatic heterocycles. The predicted octanol–water partition coefficient (Wildman–Crippen LogP) is 3.38. The molecular weight excluding hydrogens is 236 g/mol. The van der Waals surface area contributed by atoms with Gasteiger partial charge in [-0.25, -0.2) is 0 Å². The zero-order valence-corrected chi connectivity index (χ0v) is 12.2. The van der Waals surface area contributed by atoms with Crippen molar-refractivity contribution in [3.05, 3.63) is 29.8 Å². The van der Waals surface area contributed by atoms with E-state index in [1.54, 1.807) is 0 Å². The molecule has 0 spiro atoms. The average molecular weight is 260 g/mol. The molecule has 3 heteroatoms. The van der Waals surface area contributed by atoms with Crippen LogP contribution in [0.25, 0.3) is 0 Å². The summed E-state index contributed by atoms with van der Waals surface area (Å²) in [4.78, 5) is 14.7. The fourth-order valence-corrected chi connectivity index (χ4v) is 2.78. The molecule has 1 aliphatic rings. The van der Waals surface area contributed by atoms with Gasteiger partial charge in [0.1, 0.15) is 0 Å². The van der Waals surface area contributed by atoms with E-state index >= 15 is 0 Å². The molecule has 0 bridgehead atoms. The Labute approximate surface area is 116 Å². The van der Waals surface area contributed by atoms with Crippen LogP contribution in [-0.4, -0.2) is 30.4 Å². The zero-order chi connectivity index (χ0) is 13.9. The Kier molecular flexibility index (Phi) is 4.13. The van der Waals surface area contributed by atoms with Crippen molar-refractivity contribution in [1.29, 1.82) is 0 Å². The van der Waals surface area contributed by atoms with Crippen molar-refractivity contribution in [1.82, 2.24) is 4.90 Å². The van der Waals surface area contributed by atoms with E-state index < -0.39 is 0 Å². The number of anilines is 1. The van der Waals surface area contributed by atoms with Gasteiger partial charge in [-0.1, -0.05) is 26.0 Å². The molecule has 1 aromatic carbocycles. The van der Waals surface area contributed by atoms with Crippen molar-refractivity contribution < 1.29 is 4.79 Å². The fourth-order valence-electron chi connectivity index (χ4n) is 2.78. The zero-order valence-electron chi connectivity index (χ0n) is 12.2. The average Bonchev–Trinajstić information content (AvgIpc) is 2.38. The number of piperidine rings is 1. The van der Waals surface area contributed by atoms with Gasteiger partial charge in [0.05, 0.1) is 5.56 Å². The number of para-hydroxylation sites is 1. The molecule has 0 atom stereocenters. The highest BCUT2D eigenvalue weighted by Crippen LogP contribution is 2.30. The second kappa shape index (κ2) is 5.64. The van der Waals surface area contributed by atoms with E-state index in [0.29, 0.717) is 0 Å². The van der Waals surface area contributed by atoms with Gasteiger partial charge >= 0.3 is 0 Å². The van der Waals surface area contributed by atoms with Gasteiger partial charge in [-0.05, 0) is 37.3 Å². The number of hydrogen-bond acceptors (Lipinski definition) is 2. The predicted molar refractivity (Wildman–Crippen MR) is 79.5 cm³/mol. The van der Waals surface area contributed by atoms with E-state index in [1.165, 1.54) is 6.42 Å². The lowest BCUT2D eigenvalue weighted by Crippen LogP contribution is -2.43. The molecule has 1 saturated heterocycles. The third-order valence-electron chi connectivity index (χ3n) is 3.71. The van der Waals surface area contributed by atoms with Crippen LogP contribution in [0.1, 0.15) is 44.0 Å². The molecule has 1 amide bonds. The summed E-state index contributed by atoms with van der Waals surface area (Å²) in [6, 6.07) is 7.80. The topological polar surface area (TPSA) is 32.3 Å². The molecule has 0 aromatic heterocycles. The lowest BCUT2D eigenvalue weighted by molar-refractivity contribution is 0.0584. The third-order valence-corrected chi connectivity index (χ3v) is 3.71. The largest absolute Gasteiger partial charge is 0.385 e. The summed E-state index contributed by atoms with van der Waals surface area (Å²) in [6.45, 7) is 9.08. The highest BCUT2D eigenvalue weighted by Gasteiger charge is 2.30. The second-order valence-corrected chi connectivity index (χ2v) is 6.07. The van der Waals surface area contributed by atoms with E-state index in [1.807, 2.05) is 36.1 Å². The van der Waals surface area contributed by atoms with E-state index in [4.69, 9.17) is 0 Å². The molecule has 2 rings (SSSR count).